The molecule has 1 fully saturated rings. The van der Waals surface area contributed by atoms with Crippen molar-refractivity contribution in [3.8, 4) is 0 Å². The van der Waals surface area contributed by atoms with Crippen LogP contribution in [0.1, 0.15) is 0 Å². The van der Waals surface area contributed by atoms with Crippen molar-refractivity contribution < 1.29 is 9.18 Å². The lowest BCUT2D eigenvalue weighted by Gasteiger charge is -2.35. The zero-order valence-corrected chi connectivity index (χ0v) is 15.4. The lowest BCUT2D eigenvalue weighted by atomic mass is 10.3. The van der Waals surface area contributed by atoms with E-state index in [4.69, 9.17) is 11.6 Å². The molecule has 0 atom stereocenters. The van der Waals surface area contributed by atoms with Crippen molar-refractivity contribution in [3.05, 3.63) is 41.2 Å². The summed E-state index contributed by atoms with van der Waals surface area (Å²) >= 11 is 5.74. The van der Waals surface area contributed by atoms with Gasteiger partial charge < -0.3 is 20.0 Å². The summed E-state index contributed by atoms with van der Waals surface area (Å²) < 4.78 is 13.2. The number of nitrogens with one attached hydrogen (secondary N) is 1. The highest BCUT2D eigenvalue weighted by Crippen LogP contribution is 2.20. The Labute approximate surface area is 156 Å². The zero-order chi connectivity index (χ0) is 18.7. The smallest absolute Gasteiger partial charge is 0.321 e. The van der Waals surface area contributed by atoms with E-state index in [0.29, 0.717) is 31.9 Å². The van der Waals surface area contributed by atoms with Crippen LogP contribution in [0.3, 0.4) is 0 Å². The maximum Gasteiger partial charge on any atom is 0.321 e. The van der Waals surface area contributed by atoms with Gasteiger partial charge in [-0.1, -0.05) is 11.6 Å². The van der Waals surface area contributed by atoms with Crippen LogP contribution in [0.2, 0.25) is 5.02 Å². The number of rotatable bonds is 3. The molecule has 2 amide bonds. The molecule has 7 nitrogen and oxygen atoms in total. The standard InChI is InChI=1S/C17H20ClFN6O/c1-23(2)15-5-6-16(22-21-15)24-7-9-25(10-8-24)17(26)20-12-3-4-14(19)13(18)11-12/h3-6,11H,7-10H2,1-2H3,(H,20,26). The summed E-state index contributed by atoms with van der Waals surface area (Å²) in [7, 11) is 3.82. The van der Waals surface area contributed by atoms with Crippen LogP contribution < -0.4 is 15.1 Å². The molecule has 1 aliphatic rings. The molecule has 3 rings (SSSR count). The van der Waals surface area contributed by atoms with E-state index in [-0.39, 0.29) is 11.1 Å². The number of benzene rings is 1. The first kappa shape index (κ1) is 18.2. The van der Waals surface area contributed by atoms with Crippen LogP contribution in [0.25, 0.3) is 0 Å². The number of amides is 2. The first-order valence-electron chi connectivity index (χ1n) is 8.21. The highest BCUT2D eigenvalue weighted by Gasteiger charge is 2.22. The molecule has 1 aromatic heterocycles. The van der Waals surface area contributed by atoms with E-state index in [1.165, 1.54) is 18.2 Å². The molecule has 1 aliphatic heterocycles. The summed E-state index contributed by atoms with van der Waals surface area (Å²) in [6.45, 7) is 2.43. The highest BCUT2D eigenvalue weighted by atomic mass is 35.5. The lowest BCUT2D eigenvalue weighted by molar-refractivity contribution is 0.208. The van der Waals surface area contributed by atoms with Gasteiger partial charge in [-0.25, -0.2) is 9.18 Å². The number of hydrogen-bond acceptors (Lipinski definition) is 5. The fraction of sp³-hybridized carbons (Fsp3) is 0.353. The highest BCUT2D eigenvalue weighted by molar-refractivity contribution is 6.31. The molecule has 1 aromatic carbocycles. The summed E-state index contributed by atoms with van der Waals surface area (Å²) in [6.07, 6.45) is 0. The van der Waals surface area contributed by atoms with Crippen LogP contribution in [0.15, 0.2) is 30.3 Å². The summed E-state index contributed by atoms with van der Waals surface area (Å²) in [5.41, 5.74) is 0.467. The molecule has 1 N–H and O–H groups in total. The predicted molar refractivity (Wildman–Crippen MR) is 101 cm³/mol. The number of aromatic nitrogens is 2. The van der Waals surface area contributed by atoms with Crippen molar-refractivity contribution in [2.45, 2.75) is 0 Å². The predicted octanol–water partition coefficient (Wildman–Crippen LogP) is 2.69. The monoisotopic (exact) mass is 378 g/mol. The summed E-state index contributed by atoms with van der Waals surface area (Å²) in [4.78, 5) is 18.0. The maximum absolute atomic E-state index is 13.2. The number of hydrogen-bond donors (Lipinski definition) is 1. The van der Waals surface area contributed by atoms with Gasteiger partial charge in [-0.2, -0.15) is 0 Å². The van der Waals surface area contributed by atoms with E-state index in [9.17, 15) is 9.18 Å². The SMILES string of the molecule is CN(C)c1ccc(N2CCN(C(=O)Nc3ccc(F)c(Cl)c3)CC2)nn1. The first-order valence-corrected chi connectivity index (χ1v) is 8.59. The quantitative estimate of drug-likeness (QED) is 0.889. The van der Waals surface area contributed by atoms with Crippen molar-refractivity contribution in [2.75, 3.05) is 55.4 Å². The van der Waals surface area contributed by atoms with Crippen molar-refractivity contribution in [2.24, 2.45) is 0 Å². The fourth-order valence-electron chi connectivity index (χ4n) is 2.64. The topological polar surface area (TPSA) is 64.6 Å². The summed E-state index contributed by atoms with van der Waals surface area (Å²) in [5, 5.41) is 11.1. The van der Waals surface area contributed by atoms with Gasteiger partial charge in [0.15, 0.2) is 11.6 Å². The number of carbonyl (C=O) groups is 1. The van der Waals surface area contributed by atoms with Gasteiger partial charge in [0.05, 0.1) is 5.02 Å². The van der Waals surface area contributed by atoms with E-state index in [1.807, 2.05) is 31.1 Å². The van der Waals surface area contributed by atoms with Gasteiger partial charge >= 0.3 is 6.03 Å². The Balaban J connectivity index is 1.55. The minimum atomic E-state index is -0.514. The number of piperazine rings is 1. The van der Waals surface area contributed by atoms with E-state index in [2.05, 4.69) is 20.4 Å². The normalized spacial score (nSPS) is 14.3. The molecule has 26 heavy (non-hydrogen) atoms. The first-order chi connectivity index (χ1) is 12.4. The lowest BCUT2D eigenvalue weighted by Crippen LogP contribution is -2.50. The van der Waals surface area contributed by atoms with Gasteiger partial charge in [-0.3, -0.25) is 0 Å². The van der Waals surface area contributed by atoms with E-state index in [1.54, 1.807) is 4.90 Å². The number of carbonyl (C=O) groups excluding carboxylic acids is 1. The third-order valence-corrected chi connectivity index (χ3v) is 4.45. The van der Waals surface area contributed by atoms with Crippen LogP contribution in [0, 0.1) is 5.82 Å². The Morgan fingerprint density at radius 2 is 1.88 bits per heavy atom. The second-order valence-corrected chi connectivity index (χ2v) is 6.58. The number of urea groups is 1. The second-order valence-electron chi connectivity index (χ2n) is 6.18. The number of halogens is 2. The van der Waals surface area contributed by atoms with Crippen molar-refractivity contribution in [1.29, 1.82) is 0 Å². The summed E-state index contributed by atoms with van der Waals surface area (Å²) in [5.74, 6) is 1.07. The third-order valence-electron chi connectivity index (χ3n) is 4.16. The van der Waals surface area contributed by atoms with Crippen molar-refractivity contribution in [3.63, 3.8) is 0 Å². The number of nitrogens with zero attached hydrogens (tertiary/aromatic N) is 5. The minimum Gasteiger partial charge on any atom is -0.361 e. The third kappa shape index (κ3) is 4.13. The van der Waals surface area contributed by atoms with E-state index < -0.39 is 5.82 Å². The Bertz CT molecular complexity index is 777. The van der Waals surface area contributed by atoms with Gasteiger partial charge in [0.25, 0.3) is 0 Å². The molecular weight excluding hydrogens is 359 g/mol. The molecule has 2 aromatic rings. The molecule has 0 saturated carbocycles. The maximum atomic E-state index is 13.2. The Hall–Kier alpha value is -2.61. The molecule has 2 heterocycles. The van der Waals surface area contributed by atoms with Crippen LogP contribution in [-0.4, -0.2) is 61.4 Å². The number of anilines is 3. The van der Waals surface area contributed by atoms with Gasteiger partial charge in [-0.05, 0) is 30.3 Å². The zero-order valence-electron chi connectivity index (χ0n) is 14.6. The van der Waals surface area contributed by atoms with Crippen LogP contribution >= 0.6 is 11.6 Å². The van der Waals surface area contributed by atoms with Crippen LogP contribution in [0.5, 0.6) is 0 Å². The van der Waals surface area contributed by atoms with Gasteiger partial charge in [0.2, 0.25) is 0 Å². The molecule has 0 spiro atoms. The fourth-order valence-corrected chi connectivity index (χ4v) is 2.82. The van der Waals surface area contributed by atoms with E-state index in [0.717, 1.165) is 11.6 Å². The average Bonchev–Trinajstić information content (AvgIpc) is 2.65. The van der Waals surface area contributed by atoms with Crippen molar-refractivity contribution >= 4 is 35.0 Å². The largest absolute Gasteiger partial charge is 0.361 e. The summed E-state index contributed by atoms with van der Waals surface area (Å²) in [6, 6.07) is 7.72. The molecule has 1 saturated heterocycles. The molecule has 138 valence electrons. The average molecular weight is 379 g/mol. The molecule has 9 heteroatoms. The second kappa shape index (κ2) is 7.74. The molecule has 0 aliphatic carbocycles. The van der Waals surface area contributed by atoms with Gasteiger partial charge in [-0.15, -0.1) is 10.2 Å². The van der Waals surface area contributed by atoms with Crippen LogP contribution in [0.4, 0.5) is 26.5 Å². The molecule has 0 radical (unpaired) electrons. The van der Waals surface area contributed by atoms with E-state index >= 15 is 0 Å². The van der Waals surface area contributed by atoms with Gasteiger partial charge in [0, 0.05) is 46.0 Å². The molecule has 0 bridgehead atoms. The molecule has 0 unspecified atom stereocenters. The molecular formula is C17H20ClFN6O. The minimum absolute atomic E-state index is 0.0210. The Kier molecular flexibility index (Phi) is 5.41. The Morgan fingerprint density at radius 1 is 1.15 bits per heavy atom. The van der Waals surface area contributed by atoms with Crippen LogP contribution in [-0.2, 0) is 0 Å². The Morgan fingerprint density at radius 3 is 2.46 bits per heavy atom. The van der Waals surface area contributed by atoms with Gasteiger partial charge in [0.1, 0.15) is 5.82 Å². The van der Waals surface area contributed by atoms with Crippen molar-refractivity contribution in [1.82, 2.24) is 15.1 Å².